The summed E-state index contributed by atoms with van der Waals surface area (Å²) in [5.74, 6) is -13.6. The average Bonchev–Trinajstić information content (AvgIpc) is 3.27. The van der Waals surface area contributed by atoms with Crippen molar-refractivity contribution in [2.75, 3.05) is 27.9 Å². The summed E-state index contributed by atoms with van der Waals surface area (Å²) in [6, 6.07) is 5.74. The van der Waals surface area contributed by atoms with E-state index in [-0.39, 0.29) is 28.4 Å². The Labute approximate surface area is 223 Å². The van der Waals surface area contributed by atoms with Crippen molar-refractivity contribution in [2.45, 2.75) is 6.92 Å². The topological polar surface area (TPSA) is 89.5 Å². The highest BCUT2D eigenvalue weighted by atomic mass is 19.2. The van der Waals surface area contributed by atoms with Crippen molar-refractivity contribution >= 4 is 17.8 Å². The molecule has 0 aromatic heterocycles. The zero-order chi connectivity index (χ0) is 29.3. The maximum absolute atomic E-state index is 13.8. The van der Waals surface area contributed by atoms with Gasteiger partial charge in [-0.3, -0.25) is 4.79 Å². The zero-order valence-corrected chi connectivity index (χ0v) is 21.2. The fraction of sp³-hybridized carbons (Fsp3) is 0.185. The van der Waals surface area contributed by atoms with Gasteiger partial charge in [-0.15, -0.1) is 0 Å². The SMILES string of the molecule is COc1cc(OC)c(OC)cc1/C=C1\Oc2c(ccc(OC(=O)COc3c(F)c(F)c(F)c(F)c3F)c2C)C1=O. The summed E-state index contributed by atoms with van der Waals surface area (Å²) in [5.41, 5.74) is 0.796. The molecule has 0 radical (unpaired) electrons. The summed E-state index contributed by atoms with van der Waals surface area (Å²) in [6.07, 6.45) is 1.42. The van der Waals surface area contributed by atoms with E-state index in [1.54, 1.807) is 12.1 Å². The predicted octanol–water partition coefficient (Wildman–Crippen LogP) is 5.32. The number of hydrogen-bond donors (Lipinski definition) is 0. The second-order valence-corrected chi connectivity index (χ2v) is 8.12. The summed E-state index contributed by atoms with van der Waals surface area (Å²) in [5, 5.41) is 0. The molecule has 8 nitrogen and oxygen atoms in total. The fourth-order valence-corrected chi connectivity index (χ4v) is 3.78. The van der Waals surface area contributed by atoms with Crippen LogP contribution in [0.4, 0.5) is 22.0 Å². The number of hydrogen-bond acceptors (Lipinski definition) is 8. The van der Waals surface area contributed by atoms with Crippen LogP contribution in [0.25, 0.3) is 6.08 Å². The van der Waals surface area contributed by atoms with E-state index in [1.165, 1.54) is 46.5 Å². The quantitative estimate of drug-likeness (QED) is 0.0905. The second kappa shape index (κ2) is 11.1. The Hall–Kier alpha value is -4.81. The third kappa shape index (κ3) is 4.97. The summed E-state index contributed by atoms with van der Waals surface area (Å²) < 4.78 is 98.7. The molecule has 0 aliphatic carbocycles. The number of carbonyl (C=O) groups is 2. The number of allylic oxidation sites excluding steroid dienone is 1. The molecule has 4 rings (SSSR count). The number of Topliss-reactive ketones (excluding diaryl/α,β-unsaturated/α-hetero) is 1. The average molecular weight is 566 g/mol. The number of ether oxygens (including phenoxy) is 6. The largest absolute Gasteiger partial charge is 0.496 e. The van der Waals surface area contributed by atoms with Crippen molar-refractivity contribution in [3.8, 4) is 34.5 Å². The molecule has 0 N–H and O–H groups in total. The van der Waals surface area contributed by atoms with Gasteiger partial charge in [-0.2, -0.15) is 8.78 Å². The highest BCUT2D eigenvalue weighted by Crippen LogP contribution is 2.41. The number of rotatable bonds is 8. The molecule has 210 valence electrons. The molecular formula is C27H19F5O8. The van der Waals surface area contributed by atoms with E-state index in [9.17, 15) is 31.5 Å². The maximum Gasteiger partial charge on any atom is 0.349 e. The van der Waals surface area contributed by atoms with Crippen LogP contribution in [0, 0.1) is 36.0 Å². The minimum Gasteiger partial charge on any atom is -0.496 e. The molecule has 0 bridgehead atoms. The number of esters is 1. The van der Waals surface area contributed by atoms with E-state index in [0.29, 0.717) is 22.8 Å². The van der Waals surface area contributed by atoms with E-state index in [1.807, 2.05) is 0 Å². The monoisotopic (exact) mass is 566 g/mol. The second-order valence-electron chi connectivity index (χ2n) is 8.12. The highest BCUT2D eigenvalue weighted by Gasteiger charge is 2.32. The van der Waals surface area contributed by atoms with Crippen molar-refractivity contribution in [1.29, 1.82) is 0 Å². The molecule has 0 saturated carbocycles. The van der Waals surface area contributed by atoms with Gasteiger partial charge >= 0.3 is 5.97 Å². The Kier molecular flexibility index (Phi) is 7.84. The first-order valence-electron chi connectivity index (χ1n) is 11.2. The minimum atomic E-state index is -2.37. The molecular weight excluding hydrogens is 547 g/mol. The zero-order valence-electron chi connectivity index (χ0n) is 21.2. The van der Waals surface area contributed by atoms with Gasteiger partial charge in [-0.05, 0) is 31.2 Å². The molecule has 0 amide bonds. The van der Waals surface area contributed by atoms with Crippen LogP contribution < -0.4 is 28.4 Å². The van der Waals surface area contributed by atoms with Crippen LogP contribution >= 0.6 is 0 Å². The van der Waals surface area contributed by atoms with Gasteiger partial charge < -0.3 is 28.4 Å². The summed E-state index contributed by atoms with van der Waals surface area (Å²) in [6.45, 7) is 0.276. The van der Waals surface area contributed by atoms with Crippen molar-refractivity contribution < 1.29 is 60.0 Å². The molecule has 40 heavy (non-hydrogen) atoms. The summed E-state index contributed by atoms with van der Waals surface area (Å²) >= 11 is 0. The number of halogens is 5. The van der Waals surface area contributed by atoms with Crippen LogP contribution in [0.3, 0.4) is 0 Å². The van der Waals surface area contributed by atoms with Crippen LogP contribution in [-0.2, 0) is 4.79 Å². The third-order valence-electron chi connectivity index (χ3n) is 5.79. The lowest BCUT2D eigenvalue weighted by molar-refractivity contribution is -0.136. The van der Waals surface area contributed by atoms with Crippen molar-refractivity contribution in [2.24, 2.45) is 0 Å². The molecule has 1 heterocycles. The number of ketones is 1. The molecule has 1 aliphatic heterocycles. The van der Waals surface area contributed by atoms with E-state index in [2.05, 4.69) is 4.74 Å². The van der Waals surface area contributed by atoms with Gasteiger partial charge in [0.2, 0.25) is 34.9 Å². The van der Waals surface area contributed by atoms with Crippen LogP contribution in [0.2, 0.25) is 0 Å². The number of methoxy groups -OCH3 is 3. The number of fused-ring (bicyclic) bond motifs is 1. The molecule has 3 aromatic rings. The highest BCUT2D eigenvalue weighted by molar-refractivity contribution is 6.15. The molecule has 0 fully saturated rings. The Bertz CT molecular complexity index is 1540. The number of benzene rings is 3. The molecule has 1 aliphatic rings. The minimum absolute atomic E-state index is 0.0710. The molecule has 13 heteroatoms. The first kappa shape index (κ1) is 28.2. The molecule has 3 aromatic carbocycles. The fourth-order valence-electron chi connectivity index (χ4n) is 3.78. The Balaban J connectivity index is 1.55. The lowest BCUT2D eigenvalue weighted by Crippen LogP contribution is -2.20. The molecule has 0 saturated heterocycles. The maximum atomic E-state index is 13.8. The van der Waals surface area contributed by atoms with Gasteiger partial charge in [0, 0.05) is 17.2 Å². The predicted molar refractivity (Wildman–Crippen MR) is 128 cm³/mol. The van der Waals surface area contributed by atoms with Crippen LogP contribution in [-0.4, -0.2) is 39.7 Å². The van der Waals surface area contributed by atoms with Gasteiger partial charge in [0.1, 0.15) is 17.2 Å². The van der Waals surface area contributed by atoms with Crippen LogP contribution in [0.1, 0.15) is 21.5 Å². The molecule has 0 spiro atoms. The van der Waals surface area contributed by atoms with Gasteiger partial charge in [0.25, 0.3) is 0 Å². The molecule has 0 unspecified atom stereocenters. The van der Waals surface area contributed by atoms with Gasteiger partial charge in [-0.1, -0.05) is 0 Å². The Morgan fingerprint density at radius 2 is 1.40 bits per heavy atom. The van der Waals surface area contributed by atoms with Crippen molar-refractivity contribution in [3.63, 3.8) is 0 Å². The number of carbonyl (C=O) groups excluding carboxylic acids is 2. The van der Waals surface area contributed by atoms with Crippen LogP contribution in [0.5, 0.6) is 34.5 Å². The standard InChI is InChI=1S/C27H19F5O8/c1-11-14(39-19(33)10-38-27-23(31)21(29)20(28)22(30)24(27)32)6-5-13-25(34)18(40-26(11)13)8-12-7-16(36-3)17(37-4)9-15(12)35-2/h5-9H,10H2,1-4H3/b18-8-. The van der Waals surface area contributed by atoms with Gasteiger partial charge in [-0.25, -0.2) is 18.0 Å². The lowest BCUT2D eigenvalue weighted by Gasteiger charge is -2.13. The summed E-state index contributed by atoms with van der Waals surface area (Å²) in [7, 11) is 4.32. The Morgan fingerprint density at radius 1 is 0.825 bits per heavy atom. The first-order valence-corrected chi connectivity index (χ1v) is 11.2. The van der Waals surface area contributed by atoms with Gasteiger partial charge in [0.05, 0.1) is 26.9 Å². The molecule has 0 atom stereocenters. The first-order chi connectivity index (χ1) is 19.0. The third-order valence-corrected chi connectivity index (χ3v) is 5.79. The summed E-state index contributed by atoms with van der Waals surface area (Å²) in [4.78, 5) is 25.2. The van der Waals surface area contributed by atoms with Gasteiger partial charge in [0.15, 0.2) is 29.6 Å². The van der Waals surface area contributed by atoms with E-state index >= 15 is 0 Å². The smallest absolute Gasteiger partial charge is 0.349 e. The van der Waals surface area contributed by atoms with E-state index < -0.39 is 53.2 Å². The van der Waals surface area contributed by atoms with Crippen LogP contribution in [0.15, 0.2) is 30.0 Å². The Morgan fingerprint density at radius 3 is 2.00 bits per heavy atom. The van der Waals surface area contributed by atoms with E-state index in [0.717, 1.165) is 0 Å². The van der Waals surface area contributed by atoms with Crippen molar-refractivity contribution in [3.05, 3.63) is 75.8 Å². The van der Waals surface area contributed by atoms with E-state index in [4.69, 9.17) is 23.7 Å². The lowest BCUT2D eigenvalue weighted by atomic mass is 10.1. The van der Waals surface area contributed by atoms with Crippen molar-refractivity contribution in [1.82, 2.24) is 0 Å². The normalized spacial score (nSPS) is 13.1.